The van der Waals surface area contributed by atoms with Crippen molar-refractivity contribution < 1.29 is 9.53 Å². The number of ether oxygens (including phenoxy) is 1. The first-order chi connectivity index (χ1) is 9.52. The van der Waals surface area contributed by atoms with E-state index >= 15 is 0 Å². The molecule has 0 heterocycles. The Labute approximate surface area is 126 Å². The minimum absolute atomic E-state index is 0.338. The molecule has 104 valence electrons. The highest BCUT2D eigenvalue weighted by atomic mass is 35.5. The van der Waals surface area contributed by atoms with Crippen LogP contribution >= 0.6 is 23.2 Å². The third-order valence-corrected chi connectivity index (χ3v) is 3.41. The van der Waals surface area contributed by atoms with Crippen LogP contribution in [0.2, 0.25) is 10.0 Å². The van der Waals surface area contributed by atoms with Crippen molar-refractivity contribution in [3.8, 4) is 5.75 Å². The van der Waals surface area contributed by atoms with Crippen LogP contribution in [-0.2, 0) is 0 Å². The number of anilines is 2. The molecule has 0 fully saturated rings. The summed E-state index contributed by atoms with van der Waals surface area (Å²) >= 11 is 11.7. The van der Waals surface area contributed by atoms with E-state index in [2.05, 4.69) is 5.32 Å². The average molecular weight is 311 g/mol. The van der Waals surface area contributed by atoms with Gasteiger partial charge in [-0.15, -0.1) is 0 Å². The Morgan fingerprint density at radius 1 is 1.20 bits per heavy atom. The van der Waals surface area contributed by atoms with E-state index in [9.17, 15) is 4.79 Å². The van der Waals surface area contributed by atoms with Gasteiger partial charge in [-0.3, -0.25) is 4.79 Å². The van der Waals surface area contributed by atoms with Crippen molar-refractivity contribution in [1.82, 2.24) is 0 Å². The van der Waals surface area contributed by atoms with Crippen LogP contribution in [0.4, 0.5) is 11.4 Å². The Kier molecular flexibility index (Phi) is 4.37. The van der Waals surface area contributed by atoms with Gasteiger partial charge in [0, 0.05) is 5.69 Å². The van der Waals surface area contributed by atoms with Crippen molar-refractivity contribution >= 4 is 40.5 Å². The average Bonchev–Trinajstić information content (AvgIpc) is 2.42. The van der Waals surface area contributed by atoms with E-state index in [-0.39, 0.29) is 5.91 Å². The van der Waals surface area contributed by atoms with Crippen LogP contribution in [0.1, 0.15) is 10.4 Å². The Morgan fingerprint density at radius 2 is 1.95 bits per heavy atom. The summed E-state index contributed by atoms with van der Waals surface area (Å²) in [4.78, 5) is 12.2. The Bertz CT molecular complexity index is 660. The van der Waals surface area contributed by atoms with Crippen LogP contribution < -0.4 is 15.8 Å². The van der Waals surface area contributed by atoms with E-state index in [0.29, 0.717) is 32.7 Å². The Morgan fingerprint density at radius 3 is 2.60 bits per heavy atom. The number of amides is 1. The van der Waals surface area contributed by atoms with E-state index in [4.69, 9.17) is 33.7 Å². The summed E-state index contributed by atoms with van der Waals surface area (Å²) in [6.45, 7) is 0. The molecule has 0 atom stereocenters. The maximum atomic E-state index is 12.2. The first-order valence-electron chi connectivity index (χ1n) is 5.72. The second-order valence-electron chi connectivity index (χ2n) is 4.01. The zero-order valence-electron chi connectivity index (χ0n) is 10.6. The van der Waals surface area contributed by atoms with Gasteiger partial charge in [-0.1, -0.05) is 29.3 Å². The molecular weight excluding hydrogens is 299 g/mol. The second kappa shape index (κ2) is 6.03. The zero-order valence-corrected chi connectivity index (χ0v) is 12.1. The van der Waals surface area contributed by atoms with E-state index in [1.54, 1.807) is 36.4 Å². The van der Waals surface area contributed by atoms with E-state index in [1.165, 1.54) is 7.11 Å². The molecule has 0 radical (unpaired) electrons. The zero-order chi connectivity index (χ0) is 14.7. The van der Waals surface area contributed by atoms with Crippen LogP contribution in [0.3, 0.4) is 0 Å². The third kappa shape index (κ3) is 2.98. The molecule has 1 amide bonds. The fourth-order valence-electron chi connectivity index (χ4n) is 1.73. The van der Waals surface area contributed by atoms with Gasteiger partial charge in [-0.2, -0.15) is 0 Å². The van der Waals surface area contributed by atoms with E-state index in [0.717, 1.165) is 0 Å². The molecule has 2 rings (SSSR count). The fraction of sp³-hybridized carbons (Fsp3) is 0.0714. The smallest absolute Gasteiger partial charge is 0.259 e. The molecule has 2 aromatic carbocycles. The molecule has 3 N–H and O–H groups in total. The summed E-state index contributed by atoms with van der Waals surface area (Å²) in [6.07, 6.45) is 0. The van der Waals surface area contributed by atoms with Crippen molar-refractivity contribution in [3.63, 3.8) is 0 Å². The lowest BCUT2D eigenvalue weighted by molar-refractivity contribution is 0.102. The molecule has 0 aromatic heterocycles. The maximum absolute atomic E-state index is 12.2. The number of hydrogen-bond acceptors (Lipinski definition) is 3. The molecular formula is C14H12Cl2N2O2. The molecule has 2 aromatic rings. The molecule has 6 heteroatoms. The molecule has 0 saturated carbocycles. The second-order valence-corrected chi connectivity index (χ2v) is 4.83. The van der Waals surface area contributed by atoms with Gasteiger partial charge >= 0.3 is 0 Å². The van der Waals surface area contributed by atoms with Crippen LogP contribution in [-0.4, -0.2) is 13.0 Å². The maximum Gasteiger partial charge on any atom is 0.259 e. The lowest BCUT2D eigenvalue weighted by Crippen LogP contribution is -2.13. The van der Waals surface area contributed by atoms with E-state index in [1.807, 2.05) is 0 Å². The van der Waals surface area contributed by atoms with Gasteiger partial charge in [0.2, 0.25) is 0 Å². The molecule has 0 aliphatic rings. The normalized spacial score (nSPS) is 10.2. The van der Waals surface area contributed by atoms with Crippen molar-refractivity contribution in [2.75, 3.05) is 18.2 Å². The number of hydrogen-bond donors (Lipinski definition) is 2. The summed E-state index contributed by atoms with van der Waals surface area (Å²) in [6, 6.07) is 9.81. The summed E-state index contributed by atoms with van der Waals surface area (Å²) < 4.78 is 5.14. The lowest BCUT2D eigenvalue weighted by Gasteiger charge is -2.11. The monoisotopic (exact) mass is 310 g/mol. The number of rotatable bonds is 3. The minimum atomic E-state index is -0.340. The molecule has 0 aliphatic carbocycles. The van der Waals surface area contributed by atoms with Crippen molar-refractivity contribution in [1.29, 1.82) is 0 Å². The number of nitrogens with two attached hydrogens (primary N) is 1. The van der Waals surface area contributed by atoms with Gasteiger partial charge in [0.15, 0.2) is 5.75 Å². The SMILES string of the molecule is COc1c(N)cccc1C(=O)Nc1ccc(Cl)c(Cl)c1. The number of methoxy groups -OCH3 is 1. The molecule has 0 spiro atoms. The van der Waals surface area contributed by atoms with Crippen molar-refractivity contribution in [2.45, 2.75) is 0 Å². The molecule has 0 unspecified atom stereocenters. The number of nitrogen functional groups attached to an aromatic ring is 1. The largest absolute Gasteiger partial charge is 0.494 e. The van der Waals surface area contributed by atoms with Crippen LogP contribution in [0, 0.1) is 0 Å². The first-order valence-corrected chi connectivity index (χ1v) is 6.47. The predicted octanol–water partition coefficient (Wildman–Crippen LogP) is 3.84. The minimum Gasteiger partial charge on any atom is -0.494 e. The summed E-state index contributed by atoms with van der Waals surface area (Å²) in [7, 11) is 1.46. The molecule has 0 saturated heterocycles. The molecule has 4 nitrogen and oxygen atoms in total. The van der Waals surface area contributed by atoms with Gasteiger partial charge in [0.25, 0.3) is 5.91 Å². The summed E-state index contributed by atoms with van der Waals surface area (Å²) in [5, 5.41) is 3.50. The highest BCUT2D eigenvalue weighted by molar-refractivity contribution is 6.42. The fourth-order valence-corrected chi connectivity index (χ4v) is 2.03. The van der Waals surface area contributed by atoms with Gasteiger partial charge < -0.3 is 15.8 Å². The van der Waals surface area contributed by atoms with Crippen LogP contribution in [0.25, 0.3) is 0 Å². The molecule has 0 bridgehead atoms. The number of carbonyl (C=O) groups is 1. The van der Waals surface area contributed by atoms with E-state index < -0.39 is 0 Å². The lowest BCUT2D eigenvalue weighted by atomic mass is 10.1. The van der Waals surface area contributed by atoms with Gasteiger partial charge in [-0.25, -0.2) is 0 Å². The number of carbonyl (C=O) groups excluding carboxylic acids is 1. The van der Waals surface area contributed by atoms with Gasteiger partial charge in [-0.05, 0) is 30.3 Å². The topological polar surface area (TPSA) is 64.3 Å². The molecule has 20 heavy (non-hydrogen) atoms. The van der Waals surface area contributed by atoms with Crippen molar-refractivity contribution in [3.05, 3.63) is 52.0 Å². The Hall–Kier alpha value is -1.91. The number of benzene rings is 2. The quantitative estimate of drug-likeness (QED) is 0.847. The first kappa shape index (κ1) is 14.5. The van der Waals surface area contributed by atoms with Crippen molar-refractivity contribution in [2.24, 2.45) is 0 Å². The van der Waals surface area contributed by atoms with Crippen LogP contribution in [0.5, 0.6) is 5.75 Å². The standard InChI is InChI=1S/C14H12Cl2N2O2/c1-20-13-9(3-2-4-12(13)17)14(19)18-8-5-6-10(15)11(16)7-8/h2-7H,17H2,1H3,(H,18,19). The van der Waals surface area contributed by atoms with Gasteiger partial charge in [0.05, 0.1) is 28.4 Å². The Balaban J connectivity index is 2.28. The summed E-state index contributed by atoms with van der Waals surface area (Å²) in [5.41, 5.74) is 7.04. The highest BCUT2D eigenvalue weighted by Crippen LogP contribution is 2.28. The number of nitrogens with one attached hydrogen (secondary N) is 1. The molecule has 0 aliphatic heterocycles. The van der Waals surface area contributed by atoms with Gasteiger partial charge in [0.1, 0.15) is 0 Å². The predicted molar refractivity (Wildman–Crippen MR) is 81.8 cm³/mol. The summed E-state index contributed by atoms with van der Waals surface area (Å²) in [5.74, 6) is -0.00222. The number of para-hydroxylation sites is 1. The number of halogens is 2. The highest BCUT2D eigenvalue weighted by Gasteiger charge is 2.14. The van der Waals surface area contributed by atoms with Crippen LogP contribution in [0.15, 0.2) is 36.4 Å². The third-order valence-electron chi connectivity index (χ3n) is 2.67.